The molecule has 0 aliphatic heterocycles. The molecule has 0 radical (unpaired) electrons. The molecule has 0 unspecified atom stereocenters. The van der Waals surface area contributed by atoms with Gasteiger partial charge in [0.25, 0.3) is 6.43 Å². The Morgan fingerprint density at radius 2 is 2.00 bits per heavy atom. The van der Waals surface area contributed by atoms with Crippen molar-refractivity contribution < 1.29 is 26.7 Å². The van der Waals surface area contributed by atoms with Crippen molar-refractivity contribution in [3.8, 4) is 0 Å². The number of benzene rings is 1. The average Bonchev–Trinajstić information content (AvgIpc) is 3.31. The van der Waals surface area contributed by atoms with Crippen LogP contribution >= 0.6 is 0 Å². The first kappa shape index (κ1) is 21.0. The predicted octanol–water partition coefficient (Wildman–Crippen LogP) is 4.60. The molecule has 164 valence electrons. The van der Waals surface area contributed by atoms with Crippen LogP contribution in [0, 0.1) is 0 Å². The van der Waals surface area contributed by atoms with E-state index in [1.54, 1.807) is 6.07 Å². The molecule has 0 spiro atoms. The topological polar surface area (TPSA) is 64.7 Å². The lowest BCUT2D eigenvalue weighted by atomic mass is 10.1. The molecule has 0 saturated heterocycles. The van der Waals surface area contributed by atoms with Crippen LogP contribution in [0.5, 0.6) is 0 Å². The zero-order valence-corrected chi connectivity index (χ0v) is 16.1. The van der Waals surface area contributed by atoms with Gasteiger partial charge in [0.15, 0.2) is 0 Å². The molecular formula is C20H18F5N5O. The highest BCUT2D eigenvalue weighted by Gasteiger charge is 2.31. The number of nitrogens with zero attached hydrogens (tertiary/aromatic N) is 4. The van der Waals surface area contributed by atoms with E-state index in [1.807, 2.05) is 0 Å². The smallest absolute Gasteiger partial charge is 0.322 e. The van der Waals surface area contributed by atoms with Gasteiger partial charge in [0, 0.05) is 17.8 Å². The number of halogens is 5. The van der Waals surface area contributed by atoms with Crippen LogP contribution in [0.2, 0.25) is 0 Å². The summed E-state index contributed by atoms with van der Waals surface area (Å²) in [5.74, 6) is -0.326. The average molecular weight is 439 g/mol. The van der Waals surface area contributed by atoms with Gasteiger partial charge in [-0.1, -0.05) is 12.1 Å². The molecule has 0 bridgehead atoms. The maximum Gasteiger partial charge on any atom is 0.416 e. The molecule has 3 aromatic rings. The number of alkyl halides is 5. The van der Waals surface area contributed by atoms with Crippen molar-refractivity contribution in [2.45, 2.75) is 44.5 Å². The molecule has 6 nitrogen and oxygen atoms in total. The molecular weight excluding hydrogens is 421 g/mol. The largest absolute Gasteiger partial charge is 0.416 e. The lowest BCUT2D eigenvalue weighted by Gasteiger charge is -2.09. The van der Waals surface area contributed by atoms with E-state index in [-0.39, 0.29) is 24.7 Å². The van der Waals surface area contributed by atoms with Crippen LogP contribution in [0.15, 0.2) is 42.7 Å². The summed E-state index contributed by atoms with van der Waals surface area (Å²) in [5, 5.41) is 10.5. The fourth-order valence-corrected chi connectivity index (χ4v) is 3.28. The van der Waals surface area contributed by atoms with E-state index in [0.717, 1.165) is 25.0 Å². The number of amides is 1. The highest BCUT2D eigenvalue weighted by Crippen LogP contribution is 2.41. The van der Waals surface area contributed by atoms with Gasteiger partial charge in [0.1, 0.15) is 12.2 Å². The molecule has 1 aromatic carbocycles. The molecule has 31 heavy (non-hydrogen) atoms. The van der Waals surface area contributed by atoms with Gasteiger partial charge in [0.05, 0.1) is 24.0 Å². The third-order valence-corrected chi connectivity index (χ3v) is 4.86. The van der Waals surface area contributed by atoms with Gasteiger partial charge < -0.3 is 5.32 Å². The standard InChI is InChI=1S/C20H18F5N5O/c21-19(22)16-7-17(13-4-5-13)30(28-16)11-18(31)27-15-8-26-29(10-15)9-12-2-1-3-14(6-12)20(23,24)25/h1-3,6-8,10,13,19H,4-5,9,11H2,(H,27,31). The summed E-state index contributed by atoms with van der Waals surface area (Å²) in [4.78, 5) is 12.4. The summed E-state index contributed by atoms with van der Waals surface area (Å²) in [6, 6.07) is 6.23. The Balaban J connectivity index is 1.40. The fourth-order valence-electron chi connectivity index (χ4n) is 3.28. The highest BCUT2D eigenvalue weighted by molar-refractivity contribution is 5.90. The molecule has 2 heterocycles. The molecule has 4 rings (SSSR count). The Kier molecular flexibility index (Phi) is 5.50. The summed E-state index contributed by atoms with van der Waals surface area (Å²) in [7, 11) is 0. The Labute approximate surface area is 173 Å². The Bertz CT molecular complexity index is 1080. The quantitative estimate of drug-likeness (QED) is 0.548. The lowest BCUT2D eigenvalue weighted by Crippen LogP contribution is -2.20. The van der Waals surface area contributed by atoms with Crippen molar-refractivity contribution in [3.05, 3.63) is 65.2 Å². The maximum absolute atomic E-state index is 13.0. The first-order valence-electron chi connectivity index (χ1n) is 9.53. The molecule has 1 amide bonds. The van der Waals surface area contributed by atoms with Crippen molar-refractivity contribution >= 4 is 11.6 Å². The Morgan fingerprint density at radius 3 is 2.68 bits per heavy atom. The first-order chi connectivity index (χ1) is 14.7. The van der Waals surface area contributed by atoms with Crippen LogP contribution < -0.4 is 5.32 Å². The van der Waals surface area contributed by atoms with E-state index in [2.05, 4.69) is 15.5 Å². The van der Waals surface area contributed by atoms with Gasteiger partial charge in [-0.25, -0.2) is 8.78 Å². The molecule has 0 atom stereocenters. The number of aromatic nitrogens is 4. The molecule has 1 aliphatic rings. The van der Waals surface area contributed by atoms with Gasteiger partial charge in [0.2, 0.25) is 5.91 Å². The minimum absolute atomic E-state index is 0.0858. The van der Waals surface area contributed by atoms with Crippen molar-refractivity contribution in [1.82, 2.24) is 19.6 Å². The number of anilines is 1. The minimum Gasteiger partial charge on any atom is -0.322 e. The molecule has 1 aliphatic carbocycles. The molecule has 2 aromatic heterocycles. The van der Waals surface area contributed by atoms with Gasteiger partial charge in [-0.05, 0) is 36.6 Å². The Hall–Kier alpha value is -3.24. The SMILES string of the molecule is O=C(Cn1nc(C(F)F)cc1C1CC1)Nc1cnn(Cc2cccc(C(F)(F)F)c2)c1. The first-order valence-corrected chi connectivity index (χ1v) is 9.53. The second-order valence-electron chi connectivity index (χ2n) is 7.40. The molecule has 1 saturated carbocycles. The third kappa shape index (κ3) is 5.09. The van der Waals surface area contributed by atoms with Gasteiger partial charge in [-0.2, -0.15) is 23.4 Å². The normalized spacial score (nSPS) is 14.3. The van der Waals surface area contributed by atoms with E-state index < -0.39 is 24.1 Å². The second-order valence-corrected chi connectivity index (χ2v) is 7.40. The van der Waals surface area contributed by atoms with E-state index in [1.165, 1.54) is 33.9 Å². The van der Waals surface area contributed by atoms with Crippen LogP contribution in [0.4, 0.5) is 27.6 Å². The van der Waals surface area contributed by atoms with Crippen LogP contribution in [0.3, 0.4) is 0 Å². The van der Waals surface area contributed by atoms with E-state index in [4.69, 9.17) is 0 Å². The monoisotopic (exact) mass is 439 g/mol. The molecule has 11 heteroatoms. The van der Waals surface area contributed by atoms with Crippen molar-refractivity contribution in [3.63, 3.8) is 0 Å². The molecule has 1 fully saturated rings. The minimum atomic E-state index is -4.44. The summed E-state index contributed by atoms with van der Waals surface area (Å²) < 4.78 is 67.1. The number of rotatable bonds is 7. The number of hydrogen-bond donors (Lipinski definition) is 1. The molecule has 1 N–H and O–H groups in total. The highest BCUT2D eigenvalue weighted by atomic mass is 19.4. The second kappa shape index (κ2) is 8.12. The van der Waals surface area contributed by atoms with Gasteiger partial charge in [-0.15, -0.1) is 0 Å². The summed E-state index contributed by atoms with van der Waals surface area (Å²) in [6.45, 7) is -0.139. The van der Waals surface area contributed by atoms with Crippen LogP contribution in [-0.2, 0) is 24.1 Å². The maximum atomic E-state index is 13.0. The van der Waals surface area contributed by atoms with E-state index >= 15 is 0 Å². The van der Waals surface area contributed by atoms with Crippen LogP contribution in [-0.4, -0.2) is 25.5 Å². The number of carbonyl (C=O) groups excluding carboxylic acids is 1. The van der Waals surface area contributed by atoms with E-state index in [0.29, 0.717) is 16.9 Å². The van der Waals surface area contributed by atoms with E-state index in [9.17, 15) is 26.7 Å². The van der Waals surface area contributed by atoms with Crippen molar-refractivity contribution in [1.29, 1.82) is 0 Å². The number of hydrogen-bond acceptors (Lipinski definition) is 3. The van der Waals surface area contributed by atoms with Crippen LogP contribution in [0.1, 0.15) is 47.7 Å². The summed E-state index contributed by atoms with van der Waals surface area (Å²) >= 11 is 0. The van der Waals surface area contributed by atoms with Crippen LogP contribution in [0.25, 0.3) is 0 Å². The van der Waals surface area contributed by atoms with Gasteiger partial charge in [-0.3, -0.25) is 14.2 Å². The third-order valence-electron chi connectivity index (χ3n) is 4.86. The van der Waals surface area contributed by atoms with Gasteiger partial charge >= 0.3 is 6.18 Å². The zero-order chi connectivity index (χ0) is 22.2. The number of nitrogens with one attached hydrogen (secondary N) is 1. The number of carbonyl (C=O) groups is 1. The lowest BCUT2D eigenvalue weighted by molar-refractivity contribution is -0.137. The Morgan fingerprint density at radius 1 is 1.23 bits per heavy atom. The summed E-state index contributed by atoms with van der Waals surface area (Å²) in [5.41, 5.74) is 0.251. The summed E-state index contributed by atoms with van der Waals surface area (Å²) in [6.07, 6.45) is -2.56. The van der Waals surface area contributed by atoms with Crippen molar-refractivity contribution in [2.75, 3.05) is 5.32 Å². The predicted molar refractivity (Wildman–Crippen MR) is 101 cm³/mol. The fraction of sp³-hybridized carbons (Fsp3) is 0.350. The zero-order valence-electron chi connectivity index (χ0n) is 16.1. The van der Waals surface area contributed by atoms with Crippen molar-refractivity contribution in [2.24, 2.45) is 0 Å².